The van der Waals surface area contributed by atoms with Crippen LogP contribution in [-0.4, -0.2) is 22.3 Å². The molecule has 1 aromatic carbocycles. The number of ether oxygens (including phenoxy) is 1. The summed E-state index contributed by atoms with van der Waals surface area (Å²) in [5.74, 6) is 0.772. The van der Waals surface area contributed by atoms with Crippen molar-refractivity contribution < 1.29 is 9.84 Å². The molecule has 1 aromatic heterocycles. The largest absolute Gasteiger partial charge is 0.485 e. The summed E-state index contributed by atoms with van der Waals surface area (Å²) in [6.45, 7) is 0. The van der Waals surface area contributed by atoms with Crippen molar-refractivity contribution in [2.24, 2.45) is 0 Å². The second kappa shape index (κ2) is 4.34. The fourth-order valence-electron chi connectivity index (χ4n) is 2.38. The molecule has 2 aromatic rings. The molecule has 3 rings (SSSR count). The Balaban J connectivity index is 1.94. The Morgan fingerprint density at radius 3 is 2.88 bits per heavy atom. The van der Waals surface area contributed by atoms with Crippen LogP contribution < -0.4 is 4.74 Å². The third-order valence-electron chi connectivity index (χ3n) is 3.29. The van der Waals surface area contributed by atoms with E-state index in [4.69, 9.17) is 4.74 Å². The highest BCUT2D eigenvalue weighted by molar-refractivity contribution is 5.84. The maximum Gasteiger partial charge on any atom is 0.146 e. The van der Waals surface area contributed by atoms with Crippen molar-refractivity contribution in [2.45, 2.75) is 31.5 Å². The third-order valence-corrected chi connectivity index (χ3v) is 3.29. The molecule has 1 heterocycles. The number of aliphatic hydroxyl groups is 1. The van der Waals surface area contributed by atoms with Gasteiger partial charge in [-0.1, -0.05) is 18.2 Å². The van der Waals surface area contributed by atoms with Crippen molar-refractivity contribution in [2.75, 3.05) is 0 Å². The number of benzene rings is 1. The van der Waals surface area contributed by atoms with E-state index in [9.17, 15) is 5.11 Å². The second-order valence-electron chi connectivity index (χ2n) is 4.49. The Morgan fingerprint density at radius 1 is 1.18 bits per heavy atom. The Bertz CT molecular complexity index is 521. The van der Waals surface area contributed by atoms with Gasteiger partial charge in [0.2, 0.25) is 0 Å². The smallest absolute Gasteiger partial charge is 0.146 e. The van der Waals surface area contributed by atoms with Gasteiger partial charge in [0, 0.05) is 11.6 Å². The monoisotopic (exact) mass is 229 g/mol. The third kappa shape index (κ3) is 1.98. The molecule has 1 fully saturated rings. The lowest BCUT2D eigenvalue weighted by molar-refractivity contribution is 0.0613. The highest BCUT2D eigenvalue weighted by Crippen LogP contribution is 2.28. The molecule has 0 saturated heterocycles. The minimum Gasteiger partial charge on any atom is -0.485 e. The van der Waals surface area contributed by atoms with E-state index in [1.165, 1.54) is 0 Å². The van der Waals surface area contributed by atoms with Gasteiger partial charge < -0.3 is 9.84 Å². The quantitative estimate of drug-likeness (QED) is 0.860. The first-order chi connectivity index (χ1) is 8.34. The zero-order valence-electron chi connectivity index (χ0n) is 9.54. The normalized spacial score (nSPS) is 24.1. The van der Waals surface area contributed by atoms with E-state index in [0.29, 0.717) is 0 Å². The predicted octanol–water partition coefficient (Wildman–Crippen LogP) is 2.53. The fourth-order valence-corrected chi connectivity index (χ4v) is 2.38. The van der Waals surface area contributed by atoms with Crippen LogP contribution in [0.15, 0.2) is 36.5 Å². The number of aromatic nitrogens is 1. The maximum absolute atomic E-state index is 9.78. The lowest BCUT2D eigenvalue weighted by atomic mass is 10.2. The summed E-state index contributed by atoms with van der Waals surface area (Å²) in [5, 5.41) is 10.8. The van der Waals surface area contributed by atoms with E-state index in [0.717, 1.165) is 35.9 Å². The molecule has 3 nitrogen and oxygen atoms in total. The minimum absolute atomic E-state index is 0.0809. The van der Waals surface area contributed by atoms with Gasteiger partial charge in [-0.05, 0) is 31.4 Å². The van der Waals surface area contributed by atoms with Gasteiger partial charge in [-0.3, -0.25) is 4.98 Å². The first kappa shape index (κ1) is 10.5. The van der Waals surface area contributed by atoms with Crippen molar-refractivity contribution >= 4 is 10.9 Å². The highest BCUT2D eigenvalue weighted by Gasteiger charge is 2.27. The average Bonchev–Trinajstić information content (AvgIpc) is 2.76. The van der Waals surface area contributed by atoms with Crippen molar-refractivity contribution in [1.82, 2.24) is 4.98 Å². The number of nitrogens with zero attached hydrogens (tertiary/aromatic N) is 1. The summed E-state index contributed by atoms with van der Waals surface area (Å²) in [7, 11) is 0. The molecule has 17 heavy (non-hydrogen) atoms. The summed E-state index contributed by atoms with van der Waals surface area (Å²) < 4.78 is 5.89. The molecule has 0 unspecified atom stereocenters. The predicted molar refractivity (Wildman–Crippen MR) is 66.0 cm³/mol. The second-order valence-corrected chi connectivity index (χ2v) is 4.49. The Kier molecular flexibility index (Phi) is 2.69. The molecular formula is C14H15NO2. The van der Waals surface area contributed by atoms with E-state index < -0.39 is 0 Å². The van der Waals surface area contributed by atoms with Gasteiger partial charge in [0.25, 0.3) is 0 Å². The number of hydrogen-bond acceptors (Lipinski definition) is 3. The first-order valence-corrected chi connectivity index (χ1v) is 6.03. The molecule has 1 saturated carbocycles. The number of pyridine rings is 1. The Hall–Kier alpha value is -1.61. The standard InChI is InChI=1S/C14H15NO2/c16-11-6-2-7-12(11)17-13-8-1-4-10-5-3-9-15-14(10)13/h1,3-5,8-9,11-12,16H,2,6-7H2/t11-,12-/m1/s1. The molecule has 1 aliphatic rings. The Labute approximate surface area is 100 Å². The van der Waals surface area contributed by atoms with Crippen LogP contribution in [0.1, 0.15) is 19.3 Å². The molecule has 0 bridgehead atoms. The van der Waals surface area contributed by atoms with E-state index in [2.05, 4.69) is 4.98 Å². The number of rotatable bonds is 2. The van der Waals surface area contributed by atoms with Crippen LogP contribution in [0, 0.1) is 0 Å². The number of para-hydroxylation sites is 1. The number of hydrogen-bond donors (Lipinski definition) is 1. The SMILES string of the molecule is O[C@@H]1CCC[C@H]1Oc1cccc2cccnc12. The van der Waals surface area contributed by atoms with Crippen LogP contribution in [0.4, 0.5) is 0 Å². The van der Waals surface area contributed by atoms with E-state index in [-0.39, 0.29) is 12.2 Å². The van der Waals surface area contributed by atoms with Crippen molar-refractivity contribution in [3.05, 3.63) is 36.5 Å². The molecule has 3 heteroatoms. The molecule has 1 N–H and O–H groups in total. The first-order valence-electron chi connectivity index (χ1n) is 6.03. The number of aliphatic hydroxyl groups excluding tert-OH is 1. The minimum atomic E-state index is -0.339. The van der Waals surface area contributed by atoms with Crippen LogP contribution in [-0.2, 0) is 0 Å². The molecule has 0 amide bonds. The van der Waals surface area contributed by atoms with Gasteiger partial charge in [0.1, 0.15) is 17.4 Å². The molecule has 88 valence electrons. The van der Waals surface area contributed by atoms with Gasteiger partial charge in [-0.2, -0.15) is 0 Å². The molecule has 2 atom stereocenters. The topological polar surface area (TPSA) is 42.4 Å². The maximum atomic E-state index is 9.78. The van der Waals surface area contributed by atoms with E-state index in [1.807, 2.05) is 30.3 Å². The van der Waals surface area contributed by atoms with Crippen LogP contribution >= 0.6 is 0 Å². The van der Waals surface area contributed by atoms with Gasteiger partial charge in [0.05, 0.1) is 6.10 Å². The van der Waals surface area contributed by atoms with Gasteiger partial charge in [-0.25, -0.2) is 0 Å². The van der Waals surface area contributed by atoms with Crippen molar-refractivity contribution in [3.8, 4) is 5.75 Å². The summed E-state index contributed by atoms with van der Waals surface area (Å²) in [6, 6.07) is 9.82. The van der Waals surface area contributed by atoms with Gasteiger partial charge in [0.15, 0.2) is 0 Å². The van der Waals surface area contributed by atoms with Crippen LogP contribution in [0.2, 0.25) is 0 Å². The molecule has 0 aliphatic heterocycles. The van der Waals surface area contributed by atoms with Crippen LogP contribution in [0.5, 0.6) is 5.75 Å². The fraction of sp³-hybridized carbons (Fsp3) is 0.357. The van der Waals surface area contributed by atoms with Crippen molar-refractivity contribution in [3.63, 3.8) is 0 Å². The van der Waals surface area contributed by atoms with Crippen molar-refractivity contribution in [1.29, 1.82) is 0 Å². The summed E-state index contributed by atoms with van der Waals surface area (Å²) >= 11 is 0. The van der Waals surface area contributed by atoms with E-state index >= 15 is 0 Å². The van der Waals surface area contributed by atoms with Gasteiger partial charge in [-0.15, -0.1) is 0 Å². The summed E-state index contributed by atoms with van der Waals surface area (Å²) in [6.07, 6.45) is 4.13. The summed E-state index contributed by atoms with van der Waals surface area (Å²) in [4.78, 5) is 4.34. The summed E-state index contributed by atoms with van der Waals surface area (Å²) in [5.41, 5.74) is 0.870. The lowest BCUT2D eigenvalue weighted by Gasteiger charge is -2.17. The van der Waals surface area contributed by atoms with Crippen LogP contribution in [0.25, 0.3) is 10.9 Å². The van der Waals surface area contributed by atoms with Crippen LogP contribution in [0.3, 0.4) is 0 Å². The number of fused-ring (bicyclic) bond motifs is 1. The molecule has 0 spiro atoms. The highest BCUT2D eigenvalue weighted by atomic mass is 16.5. The van der Waals surface area contributed by atoms with Gasteiger partial charge >= 0.3 is 0 Å². The zero-order chi connectivity index (χ0) is 11.7. The molecule has 0 radical (unpaired) electrons. The lowest BCUT2D eigenvalue weighted by Crippen LogP contribution is -2.25. The molecule has 1 aliphatic carbocycles. The Morgan fingerprint density at radius 2 is 2.06 bits per heavy atom. The van der Waals surface area contributed by atoms with E-state index in [1.54, 1.807) is 6.20 Å². The molecular weight excluding hydrogens is 214 g/mol. The zero-order valence-corrected chi connectivity index (χ0v) is 9.54. The average molecular weight is 229 g/mol.